The van der Waals surface area contributed by atoms with Crippen molar-refractivity contribution in [1.29, 1.82) is 0 Å². The van der Waals surface area contributed by atoms with Crippen LogP contribution in [0, 0.1) is 29.1 Å². The van der Waals surface area contributed by atoms with Gasteiger partial charge >= 0.3 is 0 Å². The molecular formula is C21H32O. The standard InChI is InChI=1S/C21H32O/c1-14-11-16-13-18(21(2,3)4)20(22-5)19(17(16)12-14)15-9-7-6-8-10-15/h6-10,14,16-20H,11-13H2,1-5H3. The zero-order valence-electron chi connectivity index (χ0n) is 14.9. The highest BCUT2D eigenvalue weighted by Gasteiger charge is 2.51. The first-order chi connectivity index (χ1) is 10.4. The molecule has 22 heavy (non-hydrogen) atoms. The molecule has 1 heteroatoms. The van der Waals surface area contributed by atoms with E-state index in [4.69, 9.17) is 4.74 Å². The quantitative estimate of drug-likeness (QED) is 0.699. The van der Waals surface area contributed by atoms with Crippen LogP contribution in [0.5, 0.6) is 0 Å². The fraction of sp³-hybridized carbons (Fsp3) is 0.714. The maximum atomic E-state index is 6.14. The highest BCUT2D eigenvalue weighted by atomic mass is 16.5. The second-order valence-electron chi connectivity index (χ2n) is 8.85. The molecule has 1 nitrogen and oxygen atoms in total. The number of methoxy groups -OCH3 is 1. The molecule has 1 aromatic rings. The minimum Gasteiger partial charge on any atom is -0.381 e. The normalized spacial score (nSPS) is 38.8. The van der Waals surface area contributed by atoms with E-state index < -0.39 is 0 Å². The van der Waals surface area contributed by atoms with Crippen molar-refractivity contribution in [3.8, 4) is 0 Å². The number of rotatable bonds is 2. The molecule has 0 N–H and O–H groups in total. The van der Waals surface area contributed by atoms with Gasteiger partial charge in [0.1, 0.15) is 0 Å². The number of fused-ring (bicyclic) bond motifs is 1. The Kier molecular flexibility index (Phi) is 4.38. The number of hydrogen-bond acceptors (Lipinski definition) is 1. The Labute approximate surface area is 136 Å². The second kappa shape index (κ2) is 6.00. The number of ether oxygens (including phenoxy) is 1. The smallest absolute Gasteiger partial charge is 0.0675 e. The van der Waals surface area contributed by atoms with Crippen molar-refractivity contribution in [2.75, 3.05) is 7.11 Å². The van der Waals surface area contributed by atoms with Crippen LogP contribution in [0.1, 0.15) is 58.4 Å². The Morgan fingerprint density at radius 3 is 2.27 bits per heavy atom. The van der Waals surface area contributed by atoms with E-state index in [1.807, 2.05) is 7.11 Å². The average molecular weight is 300 g/mol. The van der Waals surface area contributed by atoms with Crippen LogP contribution in [0.25, 0.3) is 0 Å². The van der Waals surface area contributed by atoms with Crippen LogP contribution >= 0.6 is 0 Å². The second-order valence-corrected chi connectivity index (χ2v) is 8.85. The summed E-state index contributed by atoms with van der Waals surface area (Å²) in [5, 5.41) is 0. The van der Waals surface area contributed by atoms with Gasteiger partial charge in [-0.3, -0.25) is 0 Å². The topological polar surface area (TPSA) is 9.23 Å². The monoisotopic (exact) mass is 300 g/mol. The third-order valence-corrected chi connectivity index (χ3v) is 6.32. The largest absolute Gasteiger partial charge is 0.381 e. The Hall–Kier alpha value is -0.820. The molecule has 0 spiro atoms. The van der Waals surface area contributed by atoms with Crippen molar-refractivity contribution in [1.82, 2.24) is 0 Å². The zero-order valence-corrected chi connectivity index (χ0v) is 14.9. The van der Waals surface area contributed by atoms with E-state index >= 15 is 0 Å². The van der Waals surface area contributed by atoms with Gasteiger partial charge in [0.15, 0.2) is 0 Å². The highest BCUT2D eigenvalue weighted by molar-refractivity contribution is 5.24. The van der Waals surface area contributed by atoms with E-state index in [9.17, 15) is 0 Å². The SMILES string of the molecule is COC1C(c2ccccc2)C2CC(C)CC2CC1C(C)(C)C. The van der Waals surface area contributed by atoms with Gasteiger partial charge in [-0.25, -0.2) is 0 Å². The summed E-state index contributed by atoms with van der Waals surface area (Å²) in [5.74, 6) is 3.78. The van der Waals surface area contributed by atoms with Crippen LogP contribution in [-0.4, -0.2) is 13.2 Å². The van der Waals surface area contributed by atoms with Crippen LogP contribution in [0.4, 0.5) is 0 Å². The molecule has 2 aliphatic carbocycles. The fourth-order valence-corrected chi connectivity index (χ4v) is 5.38. The van der Waals surface area contributed by atoms with E-state index in [0.29, 0.717) is 23.4 Å². The Morgan fingerprint density at radius 2 is 1.68 bits per heavy atom. The predicted molar refractivity (Wildman–Crippen MR) is 92.9 cm³/mol. The van der Waals surface area contributed by atoms with Crippen molar-refractivity contribution in [2.24, 2.45) is 29.1 Å². The minimum absolute atomic E-state index is 0.310. The molecule has 0 aromatic heterocycles. The van der Waals surface area contributed by atoms with E-state index in [1.165, 1.54) is 24.8 Å². The molecule has 3 rings (SSSR count). The molecule has 2 fully saturated rings. The molecule has 2 saturated carbocycles. The van der Waals surface area contributed by atoms with Crippen LogP contribution < -0.4 is 0 Å². The molecule has 0 bridgehead atoms. The molecule has 0 aliphatic heterocycles. The summed E-state index contributed by atoms with van der Waals surface area (Å²) in [6.07, 6.45) is 4.49. The Morgan fingerprint density at radius 1 is 1.00 bits per heavy atom. The van der Waals surface area contributed by atoms with Gasteiger partial charge in [0, 0.05) is 13.0 Å². The summed E-state index contributed by atoms with van der Waals surface area (Å²) in [4.78, 5) is 0. The summed E-state index contributed by atoms with van der Waals surface area (Å²) >= 11 is 0. The van der Waals surface area contributed by atoms with Gasteiger partial charge in [-0.1, -0.05) is 58.0 Å². The van der Waals surface area contributed by atoms with E-state index in [0.717, 1.165) is 17.8 Å². The van der Waals surface area contributed by atoms with E-state index in [2.05, 4.69) is 58.0 Å². The molecule has 6 unspecified atom stereocenters. The number of benzene rings is 1. The summed E-state index contributed by atoms with van der Waals surface area (Å²) in [5.41, 5.74) is 1.80. The first kappa shape index (κ1) is 16.1. The molecule has 0 amide bonds. The van der Waals surface area contributed by atoms with Gasteiger partial charge in [0.25, 0.3) is 0 Å². The first-order valence-corrected chi connectivity index (χ1v) is 8.99. The maximum absolute atomic E-state index is 6.14. The van der Waals surface area contributed by atoms with Crippen molar-refractivity contribution >= 4 is 0 Å². The lowest BCUT2D eigenvalue weighted by Crippen LogP contribution is -2.46. The van der Waals surface area contributed by atoms with Crippen molar-refractivity contribution in [2.45, 2.75) is 59.0 Å². The third-order valence-electron chi connectivity index (χ3n) is 6.32. The maximum Gasteiger partial charge on any atom is 0.0675 e. The minimum atomic E-state index is 0.310. The molecule has 2 aliphatic rings. The number of hydrogen-bond donors (Lipinski definition) is 0. The molecule has 6 atom stereocenters. The van der Waals surface area contributed by atoms with Crippen LogP contribution in [0.2, 0.25) is 0 Å². The Balaban J connectivity index is 2.01. The predicted octanol–water partition coefficient (Wildman–Crippen LogP) is 5.51. The van der Waals surface area contributed by atoms with Crippen LogP contribution in [-0.2, 0) is 4.74 Å². The van der Waals surface area contributed by atoms with Crippen molar-refractivity contribution < 1.29 is 4.74 Å². The lowest BCUT2D eigenvalue weighted by atomic mass is 9.59. The summed E-state index contributed by atoms with van der Waals surface area (Å²) in [6, 6.07) is 11.2. The molecule has 122 valence electrons. The van der Waals surface area contributed by atoms with Crippen molar-refractivity contribution in [3.63, 3.8) is 0 Å². The van der Waals surface area contributed by atoms with Gasteiger partial charge in [-0.2, -0.15) is 0 Å². The van der Waals surface area contributed by atoms with E-state index in [1.54, 1.807) is 0 Å². The molecule has 0 radical (unpaired) electrons. The van der Waals surface area contributed by atoms with Gasteiger partial charge in [0.05, 0.1) is 6.10 Å². The van der Waals surface area contributed by atoms with Gasteiger partial charge in [-0.15, -0.1) is 0 Å². The molecule has 0 saturated heterocycles. The van der Waals surface area contributed by atoms with Crippen LogP contribution in [0.15, 0.2) is 30.3 Å². The van der Waals surface area contributed by atoms with E-state index in [-0.39, 0.29) is 0 Å². The van der Waals surface area contributed by atoms with Crippen molar-refractivity contribution in [3.05, 3.63) is 35.9 Å². The highest BCUT2D eigenvalue weighted by Crippen LogP contribution is 2.57. The summed E-state index contributed by atoms with van der Waals surface area (Å²) < 4.78 is 6.14. The lowest BCUT2D eigenvalue weighted by Gasteiger charge is -2.49. The lowest BCUT2D eigenvalue weighted by molar-refractivity contribution is -0.0687. The third kappa shape index (κ3) is 2.85. The molecular weight excluding hydrogens is 268 g/mol. The zero-order chi connectivity index (χ0) is 15.9. The van der Waals surface area contributed by atoms with Gasteiger partial charge in [-0.05, 0) is 53.9 Å². The Bertz CT molecular complexity index is 486. The summed E-state index contributed by atoms with van der Waals surface area (Å²) in [6.45, 7) is 9.62. The molecule has 1 aromatic carbocycles. The first-order valence-electron chi connectivity index (χ1n) is 8.99. The van der Waals surface area contributed by atoms with Crippen LogP contribution in [0.3, 0.4) is 0 Å². The van der Waals surface area contributed by atoms with Gasteiger partial charge in [0.2, 0.25) is 0 Å². The van der Waals surface area contributed by atoms with Gasteiger partial charge < -0.3 is 4.74 Å². The fourth-order valence-electron chi connectivity index (χ4n) is 5.38. The summed E-state index contributed by atoms with van der Waals surface area (Å²) in [7, 11) is 1.93. The molecule has 0 heterocycles. The average Bonchev–Trinajstić information content (AvgIpc) is 2.85.